The minimum absolute atomic E-state index is 0.0861. The maximum Gasteiger partial charge on any atom is 0.311 e. The molecule has 0 bridgehead atoms. The third-order valence-electron chi connectivity index (χ3n) is 3.68. The molecule has 0 unspecified atom stereocenters. The Morgan fingerprint density at radius 1 is 1.48 bits per heavy atom. The van der Waals surface area contributed by atoms with E-state index in [2.05, 4.69) is 21.2 Å². The molecule has 0 spiro atoms. The third-order valence-corrected chi connectivity index (χ3v) is 4.17. The van der Waals surface area contributed by atoms with Crippen molar-refractivity contribution >= 4 is 33.3 Å². The molecule has 1 aliphatic heterocycles. The fourth-order valence-corrected chi connectivity index (χ4v) is 2.65. The summed E-state index contributed by atoms with van der Waals surface area (Å²) in [6.07, 6.45) is 0.777. The van der Waals surface area contributed by atoms with E-state index in [1.165, 1.54) is 6.07 Å². The zero-order chi connectivity index (χ0) is 15.5. The quantitative estimate of drug-likeness (QED) is 0.619. The summed E-state index contributed by atoms with van der Waals surface area (Å²) in [5.74, 6) is -0.905. The summed E-state index contributed by atoms with van der Waals surface area (Å²) in [7, 11) is 0. The standard InChI is InChI=1S/C13H15BrN2O5/c14-9-1-2-10(11(7-9)16(19)20)15-8-13(12(17)18)3-5-21-6-4-13/h1-2,7,15H,3-6,8H2,(H,17,18). The minimum Gasteiger partial charge on any atom is -0.481 e. The van der Waals surface area contributed by atoms with Crippen LogP contribution >= 0.6 is 15.9 Å². The van der Waals surface area contributed by atoms with Crippen LogP contribution in [0.2, 0.25) is 0 Å². The summed E-state index contributed by atoms with van der Waals surface area (Å²) in [6, 6.07) is 4.63. The average molecular weight is 359 g/mol. The Labute approximate surface area is 129 Å². The lowest BCUT2D eigenvalue weighted by Crippen LogP contribution is -2.42. The van der Waals surface area contributed by atoms with Crippen LogP contribution in [0.15, 0.2) is 22.7 Å². The minimum atomic E-state index is -0.945. The highest BCUT2D eigenvalue weighted by Crippen LogP contribution is 2.33. The molecule has 1 aromatic carbocycles. The number of anilines is 1. The first-order valence-corrected chi connectivity index (χ1v) is 7.23. The van der Waals surface area contributed by atoms with Gasteiger partial charge in [-0.3, -0.25) is 14.9 Å². The van der Waals surface area contributed by atoms with Crippen LogP contribution < -0.4 is 5.32 Å². The Bertz CT molecular complexity index is 557. The summed E-state index contributed by atoms with van der Waals surface area (Å²) < 4.78 is 5.80. The molecule has 7 nitrogen and oxygen atoms in total. The summed E-state index contributed by atoms with van der Waals surface area (Å²) in [4.78, 5) is 22.1. The van der Waals surface area contributed by atoms with E-state index in [0.717, 1.165) is 0 Å². The van der Waals surface area contributed by atoms with Crippen LogP contribution in [-0.4, -0.2) is 35.8 Å². The molecule has 0 radical (unpaired) electrons. The van der Waals surface area contributed by atoms with Gasteiger partial charge in [0.05, 0.1) is 10.3 Å². The number of halogens is 1. The Hall–Kier alpha value is -1.67. The van der Waals surface area contributed by atoms with Gasteiger partial charge in [0.2, 0.25) is 0 Å². The maximum atomic E-state index is 11.5. The Kier molecular flexibility index (Phi) is 4.79. The second kappa shape index (κ2) is 6.40. The van der Waals surface area contributed by atoms with Crippen molar-refractivity contribution in [3.8, 4) is 0 Å². The predicted molar refractivity (Wildman–Crippen MR) is 79.4 cm³/mol. The molecule has 2 rings (SSSR count). The van der Waals surface area contributed by atoms with E-state index in [1.807, 2.05) is 0 Å². The van der Waals surface area contributed by atoms with E-state index in [1.54, 1.807) is 12.1 Å². The highest BCUT2D eigenvalue weighted by Gasteiger charge is 2.40. The molecular formula is C13H15BrN2O5. The Morgan fingerprint density at radius 3 is 2.71 bits per heavy atom. The fraction of sp³-hybridized carbons (Fsp3) is 0.462. The van der Waals surface area contributed by atoms with Crippen molar-refractivity contribution in [3.05, 3.63) is 32.8 Å². The molecule has 0 atom stereocenters. The van der Waals surface area contributed by atoms with Gasteiger partial charge in [0.1, 0.15) is 5.69 Å². The largest absolute Gasteiger partial charge is 0.481 e. The number of benzene rings is 1. The number of nitrogens with zero attached hydrogens (tertiary/aromatic N) is 1. The van der Waals surface area contributed by atoms with E-state index in [9.17, 15) is 20.0 Å². The van der Waals surface area contributed by atoms with Gasteiger partial charge in [-0.15, -0.1) is 0 Å². The van der Waals surface area contributed by atoms with Gasteiger partial charge in [0.25, 0.3) is 5.69 Å². The highest BCUT2D eigenvalue weighted by atomic mass is 79.9. The lowest BCUT2D eigenvalue weighted by Gasteiger charge is -2.33. The van der Waals surface area contributed by atoms with E-state index < -0.39 is 16.3 Å². The summed E-state index contributed by atoms with van der Waals surface area (Å²) in [5, 5.41) is 23.4. The molecule has 0 aromatic heterocycles. The topological polar surface area (TPSA) is 102 Å². The molecule has 1 heterocycles. The molecule has 1 aliphatic rings. The molecule has 21 heavy (non-hydrogen) atoms. The lowest BCUT2D eigenvalue weighted by atomic mass is 9.80. The molecular weight excluding hydrogens is 344 g/mol. The molecule has 1 fully saturated rings. The van der Waals surface area contributed by atoms with Crippen LogP contribution in [-0.2, 0) is 9.53 Å². The number of carbonyl (C=O) groups is 1. The SMILES string of the molecule is O=C(O)C1(CNc2ccc(Br)cc2[N+](=O)[O-])CCOCC1. The smallest absolute Gasteiger partial charge is 0.311 e. The van der Waals surface area contributed by atoms with E-state index in [0.29, 0.717) is 36.2 Å². The first kappa shape index (κ1) is 15.7. The normalized spacial score (nSPS) is 17.2. The maximum absolute atomic E-state index is 11.5. The molecule has 2 N–H and O–H groups in total. The first-order valence-electron chi connectivity index (χ1n) is 6.44. The van der Waals surface area contributed by atoms with Gasteiger partial charge in [-0.1, -0.05) is 15.9 Å². The van der Waals surface area contributed by atoms with Crippen LogP contribution in [0.25, 0.3) is 0 Å². The lowest BCUT2D eigenvalue weighted by molar-refractivity contribution is -0.384. The number of aliphatic carboxylic acids is 1. The van der Waals surface area contributed by atoms with Gasteiger partial charge < -0.3 is 15.2 Å². The molecule has 1 aromatic rings. The van der Waals surface area contributed by atoms with E-state index in [4.69, 9.17) is 4.74 Å². The number of hydrogen-bond donors (Lipinski definition) is 2. The number of nitro benzene ring substituents is 1. The summed E-state index contributed by atoms with van der Waals surface area (Å²) in [5.41, 5.74) is -0.716. The first-order chi connectivity index (χ1) is 9.94. The molecule has 0 amide bonds. The van der Waals surface area contributed by atoms with E-state index >= 15 is 0 Å². The van der Waals surface area contributed by atoms with E-state index in [-0.39, 0.29) is 12.2 Å². The summed E-state index contributed by atoms with van der Waals surface area (Å²) in [6.45, 7) is 0.904. The Balaban J connectivity index is 2.18. The van der Waals surface area contributed by atoms with Crippen molar-refractivity contribution in [2.24, 2.45) is 5.41 Å². The van der Waals surface area contributed by atoms with Crippen LogP contribution in [0, 0.1) is 15.5 Å². The average Bonchev–Trinajstić information content (AvgIpc) is 2.46. The molecule has 0 aliphatic carbocycles. The number of carboxylic acids is 1. The second-order valence-electron chi connectivity index (χ2n) is 4.97. The monoisotopic (exact) mass is 358 g/mol. The zero-order valence-electron chi connectivity index (χ0n) is 11.2. The van der Waals surface area contributed by atoms with Gasteiger partial charge in [-0.2, -0.15) is 0 Å². The zero-order valence-corrected chi connectivity index (χ0v) is 12.8. The number of nitro groups is 1. The van der Waals surface area contributed by atoms with Crippen LogP contribution in [0.1, 0.15) is 12.8 Å². The summed E-state index contributed by atoms with van der Waals surface area (Å²) >= 11 is 3.18. The van der Waals surface area contributed by atoms with Gasteiger partial charge in [0, 0.05) is 30.3 Å². The molecule has 0 saturated carbocycles. The van der Waals surface area contributed by atoms with Gasteiger partial charge in [-0.25, -0.2) is 0 Å². The molecule has 114 valence electrons. The number of nitrogens with one attached hydrogen (secondary N) is 1. The van der Waals surface area contributed by atoms with Crippen molar-refractivity contribution in [1.29, 1.82) is 0 Å². The van der Waals surface area contributed by atoms with Crippen molar-refractivity contribution < 1.29 is 19.6 Å². The van der Waals surface area contributed by atoms with Gasteiger partial charge in [-0.05, 0) is 25.0 Å². The molecule has 8 heteroatoms. The number of carboxylic acid groups (broad SMARTS) is 1. The highest BCUT2D eigenvalue weighted by molar-refractivity contribution is 9.10. The van der Waals surface area contributed by atoms with Crippen LogP contribution in [0.3, 0.4) is 0 Å². The number of hydrogen-bond acceptors (Lipinski definition) is 5. The van der Waals surface area contributed by atoms with Crippen molar-refractivity contribution in [2.45, 2.75) is 12.8 Å². The van der Waals surface area contributed by atoms with Gasteiger partial charge in [0.15, 0.2) is 0 Å². The number of ether oxygens (including phenoxy) is 1. The van der Waals surface area contributed by atoms with Gasteiger partial charge >= 0.3 is 5.97 Å². The molecule has 1 saturated heterocycles. The van der Waals surface area contributed by atoms with Crippen molar-refractivity contribution in [1.82, 2.24) is 0 Å². The number of rotatable bonds is 5. The van der Waals surface area contributed by atoms with Crippen LogP contribution in [0.4, 0.5) is 11.4 Å². The second-order valence-corrected chi connectivity index (χ2v) is 5.89. The van der Waals surface area contributed by atoms with Crippen LogP contribution in [0.5, 0.6) is 0 Å². The predicted octanol–water partition coefficient (Wildman–Crippen LogP) is 2.65. The van der Waals surface area contributed by atoms with Crippen molar-refractivity contribution in [2.75, 3.05) is 25.1 Å². The Morgan fingerprint density at radius 2 is 2.14 bits per heavy atom. The third kappa shape index (κ3) is 3.51. The fourth-order valence-electron chi connectivity index (χ4n) is 2.30. The van der Waals surface area contributed by atoms with Crippen molar-refractivity contribution in [3.63, 3.8) is 0 Å².